The van der Waals surface area contributed by atoms with Crippen molar-refractivity contribution in [2.75, 3.05) is 13.7 Å². The summed E-state index contributed by atoms with van der Waals surface area (Å²) >= 11 is 0. The summed E-state index contributed by atoms with van der Waals surface area (Å²) in [5, 5.41) is 3.22. The average Bonchev–Trinajstić information content (AvgIpc) is 2.66. The van der Waals surface area contributed by atoms with Gasteiger partial charge < -0.3 is 10.1 Å². The first-order valence-electron chi connectivity index (χ1n) is 5.60. The number of pyridine rings is 1. The maximum absolute atomic E-state index is 13.1. The van der Waals surface area contributed by atoms with Crippen LogP contribution in [0.4, 0.5) is 4.39 Å². The van der Waals surface area contributed by atoms with E-state index in [2.05, 4.69) is 17.2 Å². The molecule has 1 aromatic heterocycles. The zero-order chi connectivity index (χ0) is 11.5. The molecular weight excluding hydrogens is 207 g/mol. The molecule has 1 aliphatic heterocycles. The molecule has 1 saturated heterocycles. The van der Waals surface area contributed by atoms with Gasteiger partial charge in [0.05, 0.1) is 18.9 Å². The first-order chi connectivity index (χ1) is 7.70. The lowest BCUT2D eigenvalue weighted by Gasteiger charge is -2.22. The van der Waals surface area contributed by atoms with Crippen molar-refractivity contribution in [3.05, 3.63) is 29.8 Å². The highest BCUT2D eigenvalue weighted by molar-refractivity contribution is 5.16. The molecule has 3 unspecified atom stereocenters. The fourth-order valence-electron chi connectivity index (χ4n) is 2.36. The molecule has 4 heteroatoms. The third kappa shape index (κ3) is 2.39. The van der Waals surface area contributed by atoms with Gasteiger partial charge in [-0.3, -0.25) is 4.98 Å². The Morgan fingerprint density at radius 1 is 1.56 bits per heavy atom. The van der Waals surface area contributed by atoms with Gasteiger partial charge in [-0.25, -0.2) is 4.39 Å². The molecule has 0 aliphatic carbocycles. The van der Waals surface area contributed by atoms with Crippen LogP contribution in [0.2, 0.25) is 0 Å². The third-order valence-corrected chi connectivity index (χ3v) is 3.10. The molecule has 2 heterocycles. The van der Waals surface area contributed by atoms with Gasteiger partial charge in [-0.05, 0) is 32.0 Å². The number of nitrogens with zero attached hydrogens (tertiary/aromatic N) is 1. The minimum absolute atomic E-state index is 0.119. The topological polar surface area (TPSA) is 34.2 Å². The van der Waals surface area contributed by atoms with Crippen molar-refractivity contribution in [3.63, 3.8) is 0 Å². The second-order valence-electron chi connectivity index (χ2n) is 4.34. The second-order valence-corrected chi connectivity index (χ2v) is 4.34. The first kappa shape index (κ1) is 11.5. The van der Waals surface area contributed by atoms with Gasteiger partial charge in [0, 0.05) is 18.2 Å². The molecule has 0 radical (unpaired) electrons. The molecule has 1 N–H and O–H groups in total. The average molecular weight is 224 g/mol. The number of hydrogen-bond acceptors (Lipinski definition) is 3. The van der Waals surface area contributed by atoms with E-state index in [1.54, 1.807) is 6.20 Å². The largest absolute Gasteiger partial charge is 0.378 e. The molecule has 0 saturated carbocycles. The molecule has 3 atom stereocenters. The Bertz CT molecular complexity index is 359. The van der Waals surface area contributed by atoms with Crippen molar-refractivity contribution in [1.82, 2.24) is 10.3 Å². The molecule has 0 amide bonds. The van der Waals surface area contributed by atoms with Crippen LogP contribution < -0.4 is 5.32 Å². The lowest BCUT2D eigenvalue weighted by Crippen LogP contribution is -2.26. The van der Waals surface area contributed by atoms with Gasteiger partial charge in [-0.15, -0.1) is 0 Å². The van der Waals surface area contributed by atoms with Gasteiger partial charge >= 0.3 is 0 Å². The van der Waals surface area contributed by atoms with Crippen molar-refractivity contribution in [1.29, 1.82) is 0 Å². The van der Waals surface area contributed by atoms with E-state index in [9.17, 15) is 4.39 Å². The Balaban J connectivity index is 2.16. The number of aromatic nitrogens is 1. The summed E-state index contributed by atoms with van der Waals surface area (Å²) in [6.45, 7) is 2.79. The Morgan fingerprint density at radius 3 is 2.94 bits per heavy atom. The minimum atomic E-state index is -0.287. The molecule has 0 bridgehead atoms. The van der Waals surface area contributed by atoms with E-state index in [-0.39, 0.29) is 11.9 Å². The smallest absolute Gasteiger partial charge is 0.141 e. The number of hydrogen-bond donors (Lipinski definition) is 1. The van der Waals surface area contributed by atoms with Gasteiger partial charge in [-0.1, -0.05) is 0 Å². The van der Waals surface area contributed by atoms with Gasteiger partial charge in [-0.2, -0.15) is 0 Å². The highest BCUT2D eigenvalue weighted by Gasteiger charge is 2.29. The van der Waals surface area contributed by atoms with E-state index in [0.717, 1.165) is 18.6 Å². The summed E-state index contributed by atoms with van der Waals surface area (Å²) in [5.41, 5.74) is 0.894. The number of nitrogens with one attached hydrogen (secondary N) is 1. The quantitative estimate of drug-likeness (QED) is 0.851. The van der Waals surface area contributed by atoms with Gasteiger partial charge in [0.15, 0.2) is 0 Å². The van der Waals surface area contributed by atoms with Gasteiger partial charge in [0.25, 0.3) is 0 Å². The molecular formula is C12H17FN2O. The Labute approximate surface area is 95.0 Å². The summed E-state index contributed by atoms with van der Waals surface area (Å²) in [5.74, 6) is 0.105. The minimum Gasteiger partial charge on any atom is -0.378 e. The van der Waals surface area contributed by atoms with Crippen LogP contribution in [0.5, 0.6) is 0 Å². The summed E-state index contributed by atoms with van der Waals surface area (Å²) < 4.78 is 18.7. The predicted molar refractivity (Wildman–Crippen MR) is 59.5 cm³/mol. The normalized spacial score (nSPS) is 26.9. The molecule has 0 aromatic carbocycles. The highest BCUT2D eigenvalue weighted by atomic mass is 19.1. The van der Waals surface area contributed by atoms with Crippen LogP contribution in [0.1, 0.15) is 24.9 Å². The lowest BCUT2D eigenvalue weighted by atomic mass is 9.92. The zero-order valence-corrected chi connectivity index (χ0v) is 9.61. The van der Waals surface area contributed by atoms with Crippen molar-refractivity contribution < 1.29 is 9.13 Å². The standard InChI is InChI=1S/C12H17FN2O/c1-8-3-10(7-16-8)12(14-2)9-4-11(13)6-15-5-9/h4-6,8,10,12,14H,3,7H2,1-2H3. The van der Waals surface area contributed by atoms with Crippen LogP contribution in [0.25, 0.3) is 0 Å². The van der Waals surface area contributed by atoms with E-state index in [4.69, 9.17) is 4.74 Å². The number of halogens is 1. The maximum atomic E-state index is 13.1. The number of ether oxygens (including phenoxy) is 1. The summed E-state index contributed by atoms with van der Waals surface area (Å²) in [6.07, 6.45) is 4.24. The van der Waals surface area contributed by atoms with E-state index in [1.165, 1.54) is 12.3 Å². The van der Waals surface area contributed by atoms with Crippen LogP contribution in [0.15, 0.2) is 18.5 Å². The molecule has 88 valence electrons. The number of rotatable bonds is 3. The fraction of sp³-hybridized carbons (Fsp3) is 0.583. The SMILES string of the molecule is CNC(c1cncc(F)c1)C1COC(C)C1. The van der Waals surface area contributed by atoms with Crippen molar-refractivity contribution in [2.45, 2.75) is 25.5 Å². The van der Waals surface area contributed by atoms with Crippen LogP contribution in [0.3, 0.4) is 0 Å². The Morgan fingerprint density at radius 2 is 2.38 bits per heavy atom. The second kappa shape index (κ2) is 4.89. The van der Waals surface area contributed by atoms with Crippen LogP contribution in [-0.4, -0.2) is 24.7 Å². The van der Waals surface area contributed by atoms with Crippen molar-refractivity contribution >= 4 is 0 Å². The third-order valence-electron chi connectivity index (χ3n) is 3.10. The highest BCUT2D eigenvalue weighted by Crippen LogP contribution is 2.31. The molecule has 1 fully saturated rings. The van der Waals surface area contributed by atoms with E-state index >= 15 is 0 Å². The van der Waals surface area contributed by atoms with Gasteiger partial charge in [0.2, 0.25) is 0 Å². The summed E-state index contributed by atoms with van der Waals surface area (Å²) in [6, 6.07) is 1.66. The first-order valence-corrected chi connectivity index (χ1v) is 5.60. The summed E-state index contributed by atoms with van der Waals surface area (Å²) in [4.78, 5) is 3.89. The Hall–Kier alpha value is -1.00. The van der Waals surface area contributed by atoms with Crippen molar-refractivity contribution in [2.24, 2.45) is 5.92 Å². The predicted octanol–water partition coefficient (Wildman–Crippen LogP) is 1.91. The summed E-state index contributed by atoms with van der Waals surface area (Å²) in [7, 11) is 1.89. The zero-order valence-electron chi connectivity index (χ0n) is 9.61. The van der Waals surface area contributed by atoms with Crippen LogP contribution >= 0.6 is 0 Å². The fourth-order valence-corrected chi connectivity index (χ4v) is 2.36. The van der Waals surface area contributed by atoms with Gasteiger partial charge in [0.1, 0.15) is 5.82 Å². The molecule has 0 spiro atoms. The molecule has 1 aliphatic rings. The monoisotopic (exact) mass is 224 g/mol. The lowest BCUT2D eigenvalue weighted by molar-refractivity contribution is 0.117. The molecule has 2 rings (SSSR count). The van der Waals surface area contributed by atoms with Crippen molar-refractivity contribution in [3.8, 4) is 0 Å². The molecule has 3 nitrogen and oxygen atoms in total. The van der Waals surface area contributed by atoms with E-state index < -0.39 is 0 Å². The van der Waals surface area contributed by atoms with E-state index in [1.807, 2.05) is 7.05 Å². The van der Waals surface area contributed by atoms with Crippen LogP contribution in [-0.2, 0) is 4.74 Å². The maximum Gasteiger partial charge on any atom is 0.141 e. The van der Waals surface area contributed by atoms with Crippen LogP contribution in [0, 0.1) is 11.7 Å². The Kier molecular flexibility index (Phi) is 3.51. The molecule has 1 aromatic rings. The van der Waals surface area contributed by atoms with E-state index in [0.29, 0.717) is 12.0 Å². The molecule has 16 heavy (non-hydrogen) atoms.